The molecule has 0 aliphatic heterocycles. The summed E-state index contributed by atoms with van der Waals surface area (Å²) in [5.74, 6) is -1.29. The van der Waals surface area contributed by atoms with Gasteiger partial charge in [-0.1, -0.05) is 0 Å². The van der Waals surface area contributed by atoms with Crippen molar-refractivity contribution in [1.29, 1.82) is 0 Å². The molecule has 0 spiro atoms. The van der Waals surface area contributed by atoms with Gasteiger partial charge in [0.2, 0.25) is 0 Å². The van der Waals surface area contributed by atoms with Crippen LogP contribution in [0.4, 0.5) is 4.39 Å². The van der Waals surface area contributed by atoms with Crippen LogP contribution in [-0.4, -0.2) is 27.9 Å². The number of nitrogens with two attached hydrogens (primary N) is 1. The van der Waals surface area contributed by atoms with Crippen molar-refractivity contribution >= 4 is 0 Å². The molecule has 0 unspecified atom stereocenters. The first-order chi connectivity index (χ1) is 8.13. The quantitative estimate of drug-likeness (QED) is 0.771. The van der Waals surface area contributed by atoms with E-state index in [0.29, 0.717) is 18.5 Å². The standard InChI is InChI=1S/C12H18FNO3/c1-15-11-5-4-9(8-10(11)13)12(16-2,17-3)6-7-14/h4-5,8H,6-7,14H2,1-3H3. The van der Waals surface area contributed by atoms with E-state index in [1.54, 1.807) is 6.07 Å². The average molecular weight is 243 g/mol. The van der Waals surface area contributed by atoms with E-state index in [1.165, 1.54) is 33.5 Å². The summed E-state index contributed by atoms with van der Waals surface area (Å²) < 4.78 is 29.1. The number of halogens is 1. The Morgan fingerprint density at radius 1 is 1.24 bits per heavy atom. The largest absolute Gasteiger partial charge is 0.494 e. The van der Waals surface area contributed by atoms with Gasteiger partial charge in [-0.2, -0.15) is 0 Å². The van der Waals surface area contributed by atoms with Gasteiger partial charge in [-0.25, -0.2) is 4.39 Å². The second-order valence-electron chi connectivity index (χ2n) is 3.55. The minimum Gasteiger partial charge on any atom is -0.494 e. The van der Waals surface area contributed by atoms with Crippen molar-refractivity contribution in [2.45, 2.75) is 12.2 Å². The van der Waals surface area contributed by atoms with E-state index in [2.05, 4.69) is 0 Å². The number of hydrogen-bond donors (Lipinski definition) is 1. The minimum atomic E-state index is -1.01. The van der Waals surface area contributed by atoms with Crippen molar-refractivity contribution in [1.82, 2.24) is 0 Å². The molecule has 0 saturated carbocycles. The normalized spacial score (nSPS) is 11.6. The van der Waals surface area contributed by atoms with Crippen LogP contribution in [0.2, 0.25) is 0 Å². The van der Waals surface area contributed by atoms with Crippen LogP contribution in [0.3, 0.4) is 0 Å². The summed E-state index contributed by atoms with van der Waals surface area (Å²) in [6, 6.07) is 4.57. The van der Waals surface area contributed by atoms with E-state index in [-0.39, 0.29) is 5.75 Å². The molecule has 0 radical (unpaired) electrons. The molecule has 1 aromatic carbocycles. The number of benzene rings is 1. The first-order valence-corrected chi connectivity index (χ1v) is 5.28. The predicted octanol–water partition coefficient (Wildman–Crippen LogP) is 1.63. The third-order valence-corrected chi connectivity index (χ3v) is 2.72. The first kappa shape index (κ1) is 13.9. The van der Waals surface area contributed by atoms with Crippen LogP contribution >= 0.6 is 0 Å². The van der Waals surface area contributed by atoms with E-state index in [4.69, 9.17) is 19.9 Å². The topological polar surface area (TPSA) is 53.7 Å². The van der Waals surface area contributed by atoms with E-state index >= 15 is 0 Å². The molecule has 0 heterocycles. The van der Waals surface area contributed by atoms with Crippen molar-refractivity contribution in [2.24, 2.45) is 5.73 Å². The van der Waals surface area contributed by atoms with Gasteiger partial charge in [0.05, 0.1) is 7.11 Å². The lowest BCUT2D eigenvalue weighted by Gasteiger charge is -2.31. The number of rotatable bonds is 6. The molecule has 0 saturated heterocycles. The van der Waals surface area contributed by atoms with Crippen molar-refractivity contribution in [3.05, 3.63) is 29.6 Å². The SMILES string of the molecule is COc1ccc(C(CCN)(OC)OC)cc1F. The van der Waals surface area contributed by atoms with Crippen LogP contribution in [0, 0.1) is 5.82 Å². The third-order valence-electron chi connectivity index (χ3n) is 2.72. The van der Waals surface area contributed by atoms with Gasteiger partial charge in [-0.05, 0) is 24.7 Å². The van der Waals surface area contributed by atoms with E-state index < -0.39 is 11.6 Å². The monoisotopic (exact) mass is 243 g/mol. The minimum absolute atomic E-state index is 0.183. The summed E-state index contributed by atoms with van der Waals surface area (Å²) in [6.45, 7) is 0.370. The molecule has 0 aliphatic rings. The zero-order valence-electron chi connectivity index (χ0n) is 10.3. The summed E-state index contributed by atoms with van der Waals surface area (Å²) in [6.07, 6.45) is 0.436. The summed E-state index contributed by atoms with van der Waals surface area (Å²) in [4.78, 5) is 0. The highest BCUT2D eigenvalue weighted by molar-refractivity contribution is 5.31. The molecule has 5 heteroatoms. The Labute approximate surface area is 100 Å². The van der Waals surface area contributed by atoms with Gasteiger partial charge in [-0.15, -0.1) is 0 Å². The molecule has 1 rings (SSSR count). The molecule has 17 heavy (non-hydrogen) atoms. The highest BCUT2D eigenvalue weighted by Crippen LogP contribution is 2.31. The Bertz CT molecular complexity index is 367. The fourth-order valence-corrected chi connectivity index (χ4v) is 1.76. The highest BCUT2D eigenvalue weighted by atomic mass is 19.1. The fourth-order valence-electron chi connectivity index (χ4n) is 1.76. The van der Waals surface area contributed by atoms with Crippen molar-refractivity contribution in [2.75, 3.05) is 27.9 Å². The molecular formula is C12H18FNO3. The molecule has 96 valence electrons. The van der Waals surface area contributed by atoms with Crippen LogP contribution in [0.1, 0.15) is 12.0 Å². The van der Waals surface area contributed by atoms with Crippen LogP contribution in [-0.2, 0) is 15.3 Å². The Kier molecular flexibility index (Phi) is 4.86. The maximum absolute atomic E-state index is 13.6. The lowest BCUT2D eigenvalue weighted by molar-refractivity contribution is -0.218. The van der Waals surface area contributed by atoms with Gasteiger partial charge in [-0.3, -0.25) is 0 Å². The maximum Gasteiger partial charge on any atom is 0.195 e. The predicted molar refractivity (Wildman–Crippen MR) is 62.3 cm³/mol. The number of methoxy groups -OCH3 is 3. The summed E-state index contributed by atoms with van der Waals surface area (Å²) >= 11 is 0. The van der Waals surface area contributed by atoms with Crippen LogP contribution in [0.25, 0.3) is 0 Å². The lowest BCUT2D eigenvalue weighted by Crippen LogP contribution is -2.33. The maximum atomic E-state index is 13.6. The Morgan fingerprint density at radius 2 is 1.88 bits per heavy atom. The molecular weight excluding hydrogens is 225 g/mol. The summed E-state index contributed by atoms with van der Waals surface area (Å²) in [7, 11) is 4.42. The van der Waals surface area contributed by atoms with Crippen molar-refractivity contribution < 1.29 is 18.6 Å². The van der Waals surface area contributed by atoms with Gasteiger partial charge in [0.25, 0.3) is 0 Å². The molecule has 0 fully saturated rings. The number of hydrogen-bond acceptors (Lipinski definition) is 4. The third kappa shape index (κ3) is 2.74. The van der Waals surface area contributed by atoms with Gasteiger partial charge < -0.3 is 19.9 Å². The molecule has 0 aromatic heterocycles. The van der Waals surface area contributed by atoms with Crippen LogP contribution in [0.15, 0.2) is 18.2 Å². The smallest absolute Gasteiger partial charge is 0.195 e. The van der Waals surface area contributed by atoms with Crippen molar-refractivity contribution in [3.63, 3.8) is 0 Å². The second kappa shape index (κ2) is 5.95. The molecule has 0 aliphatic carbocycles. The molecule has 0 bridgehead atoms. The van der Waals surface area contributed by atoms with Gasteiger partial charge in [0.15, 0.2) is 17.4 Å². The summed E-state index contributed by atoms with van der Waals surface area (Å²) in [5.41, 5.74) is 6.09. The molecule has 0 atom stereocenters. The average Bonchev–Trinajstić information content (AvgIpc) is 2.36. The van der Waals surface area contributed by atoms with Gasteiger partial charge in [0.1, 0.15) is 0 Å². The Balaban J connectivity index is 3.14. The lowest BCUT2D eigenvalue weighted by atomic mass is 10.0. The molecule has 0 amide bonds. The summed E-state index contributed by atoms with van der Waals surface area (Å²) in [5, 5.41) is 0. The van der Waals surface area contributed by atoms with Crippen LogP contribution in [0.5, 0.6) is 5.75 Å². The molecule has 2 N–H and O–H groups in total. The van der Waals surface area contributed by atoms with E-state index in [9.17, 15) is 4.39 Å². The van der Waals surface area contributed by atoms with Gasteiger partial charge in [0, 0.05) is 26.2 Å². The second-order valence-corrected chi connectivity index (χ2v) is 3.55. The molecule has 1 aromatic rings. The fraction of sp³-hybridized carbons (Fsp3) is 0.500. The first-order valence-electron chi connectivity index (χ1n) is 5.28. The zero-order chi connectivity index (χ0) is 12.9. The van der Waals surface area contributed by atoms with Crippen LogP contribution < -0.4 is 10.5 Å². The highest BCUT2D eigenvalue weighted by Gasteiger charge is 2.32. The van der Waals surface area contributed by atoms with E-state index in [0.717, 1.165) is 0 Å². The number of ether oxygens (including phenoxy) is 3. The Morgan fingerprint density at radius 3 is 2.29 bits per heavy atom. The zero-order valence-corrected chi connectivity index (χ0v) is 10.3. The Hall–Kier alpha value is -1.17. The van der Waals surface area contributed by atoms with Gasteiger partial charge >= 0.3 is 0 Å². The van der Waals surface area contributed by atoms with E-state index in [1.807, 2.05) is 0 Å². The van der Waals surface area contributed by atoms with Crippen molar-refractivity contribution in [3.8, 4) is 5.75 Å². The molecule has 4 nitrogen and oxygen atoms in total.